The van der Waals surface area contributed by atoms with Gasteiger partial charge in [0.25, 0.3) is 0 Å². The molecule has 3 aromatic rings. The standard InChI is InChI=1S/C15H12Cl2N2O/c1-18-13-4-2-3-5-14(13)19(15(18)20)9-10-6-7-11(16)12(17)8-10/h2-8H,9H2,1H3. The van der Waals surface area contributed by atoms with Crippen LogP contribution in [0.3, 0.4) is 0 Å². The third-order valence-electron chi connectivity index (χ3n) is 3.38. The first kappa shape index (κ1) is 13.3. The van der Waals surface area contributed by atoms with E-state index in [0.717, 1.165) is 16.6 Å². The number of rotatable bonds is 2. The van der Waals surface area contributed by atoms with Gasteiger partial charge in [-0.05, 0) is 29.8 Å². The minimum absolute atomic E-state index is 0.0442. The molecule has 0 aliphatic carbocycles. The van der Waals surface area contributed by atoms with Crippen LogP contribution in [0.25, 0.3) is 11.0 Å². The first-order valence-corrected chi connectivity index (χ1v) is 6.91. The van der Waals surface area contributed by atoms with Gasteiger partial charge in [0.05, 0.1) is 27.6 Å². The molecule has 0 amide bonds. The normalized spacial score (nSPS) is 11.2. The molecule has 1 heterocycles. The molecule has 102 valence electrons. The summed E-state index contributed by atoms with van der Waals surface area (Å²) < 4.78 is 3.38. The molecule has 0 radical (unpaired) electrons. The third-order valence-corrected chi connectivity index (χ3v) is 4.12. The van der Waals surface area contributed by atoms with Crippen LogP contribution in [-0.4, -0.2) is 9.13 Å². The number of halogens is 2. The molecule has 0 aliphatic heterocycles. The van der Waals surface area contributed by atoms with Crippen molar-refractivity contribution < 1.29 is 0 Å². The number of para-hydroxylation sites is 2. The second-order valence-corrected chi connectivity index (χ2v) is 5.48. The van der Waals surface area contributed by atoms with Crippen molar-refractivity contribution in [2.45, 2.75) is 6.54 Å². The van der Waals surface area contributed by atoms with Crippen LogP contribution in [0.1, 0.15) is 5.56 Å². The highest BCUT2D eigenvalue weighted by Gasteiger charge is 2.10. The van der Waals surface area contributed by atoms with E-state index in [0.29, 0.717) is 16.6 Å². The summed E-state index contributed by atoms with van der Waals surface area (Å²) in [5.74, 6) is 0. The van der Waals surface area contributed by atoms with Gasteiger partial charge >= 0.3 is 5.69 Å². The zero-order valence-electron chi connectivity index (χ0n) is 10.8. The summed E-state index contributed by atoms with van der Waals surface area (Å²) in [6, 6.07) is 13.1. The highest BCUT2D eigenvalue weighted by atomic mass is 35.5. The number of hydrogen-bond donors (Lipinski definition) is 0. The van der Waals surface area contributed by atoms with E-state index < -0.39 is 0 Å². The molecule has 0 atom stereocenters. The fourth-order valence-electron chi connectivity index (χ4n) is 2.34. The van der Waals surface area contributed by atoms with Crippen LogP contribution in [0.2, 0.25) is 10.0 Å². The molecule has 0 saturated carbocycles. The molecule has 0 aliphatic rings. The second-order valence-electron chi connectivity index (χ2n) is 4.66. The van der Waals surface area contributed by atoms with Gasteiger partial charge in [-0.25, -0.2) is 4.79 Å². The van der Waals surface area contributed by atoms with Gasteiger partial charge in [0, 0.05) is 7.05 Å². The van der Waals surface area contributed by atoms with Gasteiger partial charge in [-0.2, -0.15) is 0 Å². The van der Waals surface area contributed by atoms with Crippen molar-refractivity contribution >= 4 is 34.2 Å². The summed E-state index contributed by atoms with van der Waals surface area (Å²) >= 11 is 11.9. The quantitative estimate of drug-likeness (QED) is 0.709. The lowest BCUT2D eigenvalue weighted by molar-refractivity contribution is 0.736. The van der Waals surface area contributed by atoms with E-state index in [1.807, 2.05) is 30.3 Å². The number of aromatic nitrogens is 2. The zero-order chi connectivity index (χ0) is 14.3. The Labute approximate surface area is 126 Å². The van der Waals surface area contributed by atoms with E-state index >= 15 is 0 Å². The SMILES string of the molecule is Cn1c(=O)n(Cc2ccc(Cl)c(Cl)c2)c2ccccc21. The first-order chi connectivity index (χ1) is 9.58. The predicted octanol–water partition coefficient (Wildman–Crippen LogP) is 3.70. The molecular formula is C15H12Cl2N2O. The van der Waals surface area contributed by atoms with Crippen molar-refractivity contribution in [3.63, 3.8) is 0 Å². The Morgan fingerprint density at radius 3 is 2.40 bits per heavy atom. The van der Waals surface area contributed by atoms with Crippen molar-refractivity contribution in [1.29, 1.82) is 0 Å². The molecule has 0 bridgehead atoms. The maximum Gasteiger partial charge on any atom is 0.329 e. The number of hydrogen-bond acceptors (Lipinski definition) is 1. The van der Waals surface area contributed by atoms with Crippen LogP contribution in [0, 0.1) is 0 Å². The molecule has 20 heavy (non-hydrogen) atoms. The number of benzene rings is 2. The first-order valence-electron chi connectivity index (χ1n) is 6.16. The van der Waals surface area contributed by atoms with Gasteiger partial charge in [0.1, 0.15) is 0 Å². The van der Waals surface area contributed by atoms with Gasteiger partial charge in [-0.1, -0.05) is 41.4 Å². The lowest BCUT2D eigenvalue weighted by Crippen LogP contribution is -2.22. The average molecular weight is 307 g/mol. The van der Waals surface area contributed by atoms with E-state index in [2.05, 4.69) is 0 Å². The molecular weight excluding hydrogens is 295 g/mol. The molecule has 1 aromatic heterocycles. The number of nitrogens with zero attached hydrogens (tertiary/aromatic N) is 2. The monoisotopic (exact) mass is 306 g/mol. The topological polar surface area (TPSA) is 26.9 Å². The van der Waals surface area contributed by atoms with Crippen molar-refractivity contribution in [2.24, 2.45) is 7.05 Å². The van der Waals surface area contributed by atoms with E-state index in [1.54, 1.807) is 28.3 Å². The van der Waals surface area contributed by atoms with Crippen LogP contribution in [-0.2, 0) is 13.6 Å². The molecule has 3 rings (SSSR count). The molecule has 0 N–H and O–H groups in total. The number of aryl methyl sites for hydroxylation is 1. The Morgan fingerprint density at radius 2 is 1.70 bits per heavy atom. The van der Waals surface area contributed by atoms with E-state index in [1.165, 1.54) is 0 Å². The van der Waals surface area contributed by atoms with E-state index in [4.69, 9.17) is 23.2 Å². The summed E-state index contributed by atoms with van der Waals surface area (Å²) in [5, 5.41) is 1.01. The van der Waals surface area contributed by atoms with Gasteiger partial charge in [0.15, 0.2) is 0 Å². The summed E-state index contributed by atoms with van der Waals surface area (Å²) in [7, 11) is 1.77. The molecule has 5 heteroatoms. The lowest BCUT2D eigenvalue weighted by atomic mass is 10.2. The van der Waals surface area contributed by atoms with Crippen molar-refractivity contribution in [3.8, 4) is 0 Å². The van der Waals surface area contributed by atoms with Crippen LogP contribution < -0.4 is 5.69 Å². The van der Waals surface area contributed by atoms with Gasteiger partial charge in [-0.3, -0.25) is 9.13 Å². The fraction of sp³-hybridized carbons (Fsp3) is 0.133. The maximum atomic E-state index is 12.3. The van der Waals surface area contributed by atoms with Crippen LogP contribution >= 0.6 is 23.2 Å². The minimum Gasteiger partial charge on any atom is -0.295 e. The fourth-order valence-corrected chi connectivity index (χ4v) is 2.66. The third kappa shape index (κ3) is 2.13. The Balaban J connectivity index is 2.13. The van der Waals surface area contributed by atoms with Gasteiger partial charge in [0.2, 0.25) is 0 Å². The van der Waals surface area contributed by atoms with E-state index in [-0.39, 0.29) is 5.69 Å². The van der Waals surface area contributed by atoms with Crippen LogP contribution in [0.4, 0.5) is 0 Å². The Bertz CT molecular complexity index is 849. The Kier molecular flexibility index (Phi) is 3.32. The largest absolute Gasteiger partial charge is 0.329 e. The second kappa shape index (κ2) is 5.00. The number of imidazole rings is 1. The summed E-state index contributed by atoms with van der Waals surface area (Å²) in [6.07, 6.45) is 0. The van der Waals surface area contributed by atoms with Crippen molar-refractivity contribution in [2.75, 3.05) is 0 Å². The van der Waals surface area contributed by atoms with Crippen molar-refractivity contribution in [1.82, 2.24) is 9.13 Å². The highest BCUT2D eigenvalue weighted by Crippen LogP contribution is 2.23. The van der Waals surface area contributed by atoms with Gasteiger partial charge in [-0.15, -0.1) is 0 Å². The lowest BCUT2D eigenvalue weighted by Gasteiger charge is -2.05. The van der Waals surface area contributed by atoms with Crippen LogP contribution in [0.5, 0.6) is 0 Å². The summed E-state index contributed by atoms with van der Waals surface area (Å²) in [6.45, 7) is 0.469. The Hall–Kier alpha value is -1.71. The van der Waals surface area contributed by atoms with Gasteiger partial charge < -0.3 is 0 Å². The highest BCUT2D eigenvalue weighted by molar-refractivity contribution is 6.42. The molecule has 0 fully saturated rings. The van der Waals surface area contributed by atoms with E-state index in [9.17, 15) is 4.79 Å². The maximum absolute atomic E-state index is 12.3. The summed E-state index contributed by atoms with van der Waals surface area (Å²) in [4.78, 5) is 12.3. The molecule has 0 unspecified atom stereocenters. The molecule has 2 aromatic carbocycles. The van der Waals surface area contributed by atoms with Crippen molar-refractivity contribution in [3.05, 3.63) is 68.6 Å². The predicted molar refractivity (Wildman–Crippen MR) is 82.7 cm³/mol. The summed E-state index contributed by atoms with van der Waals surface area (Å²) in [5.41, 5.74) is 2.72. The Morgan fingerprint density at radius 1 is 1.00 bits per heavy atom. The van der Waals surface area contributed by atoms with Crippen LogP contribution in [0.15, 0.2) is 47.3 Å². The smallest absolute Gasteiger partial charge is 0.295 e. The zero-order valence-corrected chi connectivity index (χ0v) is 12.3. The number of fused-ring (bicyclic) bond motifs is 1. The molecule has 0 spiro atoms. The molecule has 0 saturated heterocycles. The molecule has 3 nitrogen and oxygen atoms in total. The minimum atomic E-state index is -0.0442. The average Bonchev–Trinajstić information content (AvgIpc) is 2.69.